The summed E-state index contributed by atoms with van der Waals surface area (Å²) in [7, 11) is 0. The van der Waals surface area contributed by atoms with Gasteiger partial charge in [-0.3, -0.25) is 0 Å². The Balaban J connectivity index is 2.04. The minimum atomic E-state index is -0.613. The first-order chi connectivity index (χ1) is 12.5. The van der Waals surface area contributed by atoms with Gasteiger partial charge in [-0.15, -0.1) is 5.10 Å². The van der Waals surface area contributed by atoms with Crippen LogP contribution >= 0.6 is 0 Å². The highest BCUT2D eigenvalue weighted by molar-refractivity contribution is 5.68. The molecule has 1 N–H and O–H groups in total. The molecule has 26 heavy (non-hydrogen) atoms. The summed E-state index contributed by atoms with van der Waals surface area (Å²) in [5, 5.41) is 15.6. The third-order valence-corrected chi connectivity index (χ3v) is 5.45. The zero-order valence-electron chi connectivity index (χ0n) is 16.0. The van der Waals surface area contributed by atoms with Crippen LogP contribution in [-0.4, -0.2) is 32.9 Å². The number of rotatable bonds is 4. The lowest BCUT2D eigenvalue weighted by atomic mass is 9.76. The normalized spacial score (nSPS) is 22.8. The minimum absolute atomic E-state index is 0.334. The Kier molecular flexibility index (Phi) is 5.25. The van der Waals surface area contributed by atoms with E-state index in [1.807, 2.05) is 12.1 Å². The second-order valence-electron chi connectivity index (χ2n) is 7.24. The molecule has 0 radical (unpaired) electrons. The number of hydrogen-bond acceptors (Lipinski definition) is 5. The summed E-state index contributed by atoms with van der Waals surface area (Å²) in [6, 6.07) is 6.07. The van der Waals surface area contributed by atoms with E-state index in [4.69, 9.17) is 4.74 Å². The first-order valence-corrected chi connectivity index (χ1v) is 9.27. The Morgan fingerprint density at radius 1 is 1.35 bits per heavy atom. The van der Waals surface area contributed by atoms with E-state index in [0.29, 0.717) is 18.3 Å². The summed E-state index contributed by atoms with van der Waals surface area (Å²) in [5.41, 5.74) is 2.62. The molecule has 0 atom stereocenters. The molecule has 0 aliphatic heterocycles. The second kappa shape index (κ2) is 7.43. The van der Waals surface area contributed by atoms with Crippen LogP contribution < -0.4 is 5.32 Å². The molecule has 1 heterocycles. The fourth-order valence-electron chi connectivity index (χ4n) is 3.63. The van der Waals surface area contributed by atoms with Gasteiger partial charge in [0, 0.05) is 0 Å². The minimum Gasteiger partial charge on any atom is -0.450 e. The Hall–Kier alpha value is -2.44. The lowest BCUT2D eigenvalue weighted by Gasteiger charge is -2.38. The smallest absolute Gasteiger partial charge is 0.407 e. The fraction of sp³-hybridized carbons (Fsp3) is 0.579. The van der Waals surface area contributed by atoms with Crippen molar-refractivity contribution in [2.75, 3.05) is 6.61 Å². The van der Waals surface area contributed by atoms with Crippen molar-refractivity contribution >= 4 is 6.09 Å². The van der Waals surface area contributed by atoms with E-state index < -0.39 is 11.6 Å². The van der Waals surface area contributed by atoms with Gasteiger partial charge in [0.25, 0.3) is 0 Å². The zero-order chi connectivity index (χ0) is 18.7. The van der Waals surface area contributed by atoms with Crippen LogP contribution in [0.4, 0.5) is 4.79 Å². The van der Waals surface area contributed by atoms with Crippen molar-refractivity contribution in [3.05, 3.63) is 35.2 Å². The second-order valence-corrected chi connectivity index (χ2v) is 7.24. The van der Waals surface area contributed by atoms with Gasteiger partial charge in [0.2, 0.25) is 0 Å². The fourth-order valence-corrected chi connectivity index (χ4v) is 3.63. The summed E-state index contributed by atoms with van der Waals surface area (Å²) < 4.78 is 6.92. The molecular weight excluding hydrogens is 330 g/mol. The van der Waals surface area contributed by atoms with Crippen LogP contribution in [0.3, 0.4) is 0 Å². The highest BCUT2D eigenvalue weighted by Crippen LogP contribution is 2.39. The van der Waals surface area contributed by atoms with Crippen molar-refractivity contribution in [1.82, 2.24) is 25.5 Å². The summed E-state index contributed by atoms with van der Waals surface area (Å²) in [5.74, 6) is 1.29. The molecule has 0 unspecified atom stereocenters. The number of hydrogen-bond donors (Lipinski definition) is 1. The van der Waals surface area contributed by atoms with Crippen molar-refractivity contribution < 1.29 is 9.53 Å². The van der Waals surface area contributed by atoms with E-state index in [2.05, 4.69) is 47.7 Å². The molecule has 7 heteroatoms. The van der Waals surface area contributed by atoms with Gasteiger partial charge in [0.1, 0.15) is 5.54 Å². The number of benzene rings is 1. The SMILES string of the molecule is CCOC(=O)NC1(c2nnnn2-c2cccc(C)c2C)CCC(C)CC1. The highest BCUT2D eigenvalue weighted by Gasteiger charge is 2.42. The molecule has 0 spiro atoms. The molecule has 0 saturated heterocycles. The number of aryl methyl sites for hydroxylation is 1. The maximum absolute atomic E-state index is 12.3. The van der Waals surface area contributed by atoms with Crippen LogP contribution in [-0.2, 0) is 10.3 Å². The molecule has 140 valence electrons. The third kappa shape index (κ3) is 3.43. The molecule has 0 bridgehead atoms. The Morgan fingerprint density at radius 2 is 2.08 bits per heavy atom. The monoisotopic (exact) mass is 357 g/mol. The molecule has 1 saturated carbocycles. The number of carbonyl (C=O) groups excluding carboxylic acids is 1. The van der Waals surface area contributed by atoms with Crippen LogP contribution in [0.5, 0.6) is 0 Å². The van der Waals surface area contributed by atoms with Gasteiger partial charge < -0.3 is 10.1 Å². The quantitative estimate of drug-likeness (QED) is 0.906. The molecule has 1 aliphatic carbocycles. The number of nitrogens with zero attached hydrogens (tertiary/aromatic N) is 4. The van der Waals surface area contributed by atoms with E-state index >= 15 is 0 Å². The molecule has 1 aliphatic rings. The number of nitrogens with one attached hydrogen (secondary N) is 1. The molecule has 1 aromatic heterocycles. The Labute approximate surface area is 154 Å². The van der Waals surface area contributed by atoms with Crippen molar-refractivity contribution in [1.29, 1.82) is 0 Å². The maximum Gasteiger partial charge on any atom is 0.407 e. The first-order valence-electron chi connectivity index (χ1n) is 9.27. The zero-order valence-corrected chi connectivity index (χ0v) is 16.0. The van der Waals surface area contributed by atoms with E-state index in [9.17, 15) is 4.79 Å². The molecule has 3 rings (SSSR count). The third-order valence-electron chi connectivity index (χ3n) is 5.45. The van der Waals surface area contributed by atoms with Crippen molar-refractivity contribution in [2.24, 2.45) is 5.92 Å². The highest BCUT2D eigenvalue weighted by atomic mass is 16.5. The van der Waals surface area contributed by atoms with Gasteiger partial charge in [-0.25, -0.2) is 4.79 Å². The van der Waals surface area contributed by atoms with Gasteiger partial charge in [0.15, 0.2) is 5.82 Å². The van der Waals surface area contributed by atoms with Gasteiger partial charge in [-0.1, -0.05) is 19.1 Å². The number of ether oxygens (including phenoxy) is 1. The van der Waals surface area contributed by atoms with Crippen molar-refractivity contribution in [3.63, 3.8) is 0 Å². The molecule has 2 aromatic rings. The number of carbonyl (C=O) groups is 1. The van der Waals surface area contributed by atoms with E-state index in [1.54, 1.807) is 11.6 Å². The van der Waals surface area contributed by atoms with Crippen LogP contribution in [0.1, 0.15) is 56.5 Å². The molecular formula is C19H27N5O2. The lowest BCUT2D eigenvalue weighted by molar-refractivity contribution is 0.117. The van der Waals surface area contributed by atoms with E-state index in [0.717, 1.165) is 36.9 Å². The number of tetrazole rings is 1. The van der Waals surface area contributed by atoms with Gasteiger partial charge in [0.05, 0.1) is 12.3 Å². The van der Waals surface area contributed by atoms with Gasteiger partial charge in [-0.05, 0) is 80.0 Å². The lowest BCUT2D eigenvalue weighted by Crippen LogP contribution is -2.50. The molecule has 1 fully saturated rings. The number of alkyl carbamates (subject to hydrolysis) is 1. The average Bonchev–Trinajstić information content (AvgIpc) is 3.10. The standard InChI is InChI=1S/C19H27N5O2/c1-5-26-18(25)20-19(11-9-13(2)10-12-19)17-21-22-23-24(17)16-8-6-7-14(3)15(16)4/h6-8,13H,5,9-12H2,1-4H3,(H,20,25). The molecule has 1 amide bonds. The summed E-state index contributed by atoms with van der Waals surface area (Å²) in [4.78, 5) is 12.3. The van der Waals surface area contributed by atoms with Crippen LogP contribution in [0.25, 0.3) is 5.69 Å². The Morgan fingerprint density at radius 3 is 2.77 bits per heavy atom. The maximum atomic E-state index is 12.3. The number of aromatic nitrogens is 4. The van der Waals surface area contributed by atoms with Gasteiger partial charge in [-0.2, -0.15) is 4.68 Å². The number of amides is 1. The molecule has 7 nitrogen and oxygen atoms in total. The first kappa shape index (κ1) is 18.4. The Bertz CT molecular complexity index is 778. The van der Waals surface area contributed by atoms with Crippen LogP contribution in [0.2, 0.25) is 0 Å². The van der Waals surface area contributed by atoms with Gasteiger partial charge >= 0.3 is 6.09 Å². The topological polar surface area (TPSA) is 81.9 Å². The van der Waals surface area contributed by atoms with Crippen LogP contribution in [0, 0.1) is 19.8 Å². The van der Waals surface area contributed by atoms with E-state index in [-0.39, 0.29) is 0 Å². The summed E-state index contributed by atoms with van der Waals surface area (Å²) in [6.07, 6.45) is 3.17. The predicted molar refractivity (Wildman–Crippen MR) is 98.1 cm³/mol. The average molecular weight is 357 g/mol. The predicted octanol–water partition coefficient (Wildman–Crippen LogP) is 3.43. The largest absolute Gasteiger partial charge is 0.450 e. The summed E-state index contributed by atoms with van der Waals surface area (Å²) >= 11 is 0. The molecule has 1 aromatic carbocycles. The van der Waals surface area contributed by atoms with Crippen molar-refractivity contribution in [3.8, 4) is 5.69 Å². The summed E-state index contributed by atoms with van der Waals surface area (Å²) in [6.45, 7) is 8.50. The van der Waals surface area contributed by atoms with Crippen molar-refractivity contribution in [2.45, 2.75) is 58.9 Å². The van der Waals surface area contributed by atoms with Crippen LogP contribution in [0.15, 0.2) is 18.2 Å². The van der Waals surface area contributed by atoms with E-state index in [1.165, 1.54) is 5.56 Å².